The number of nitrogens with one attached hydrogen (secondary N) is 1. The van der Waals surface area contributed by atoms with Crippen LogP contribution >= 0.6 is 0 Å². The number of aromatic nitrogens is 2. The molecule has 0 spiro atoms. The third-order valence-electron chi connectivity index (χ3n) is 3.38. The van der Waals surface area contributed by atoms with Crippen molar-refractivity contribution in [1.82, 2.24) is 19.8 Å². The third kappa shape index (κ3) is 2.62. The summed E-state index contributed by atoms with van der Waals surface area (Å²) in [5, 5.41) is 3.37. The Morgan fingerprint density at radius 2 is 2.19 bits per heavy atom. The molecule has 0 aromatic carbocycles. The first-order valence-electron chi connectivity index (χ1n) is 6.21. The molecule has 0 radical (unpaired) electrons. The number of nitrogens with zero attached hydrogens (tertiary/aromatic N) is 3. The SMILES string of the molecule is CCNCc1cncn1C1CCN(C)CC1. The highest BCUT2D eigenvalue weighted by atomic mass is 15.1. The third-order valence-corrected chi connectivity index (χ3v) is 3.38. The zero-order valence-corrected chi connectivity index (χ0v) is 10.3. The highest BCUT2D eigenvalue weighted by Gasteiger charge is 2.19. The summed E-state index contributed by atoms with van der Waals surface area (Å²) in [7, 11) is 2.20. The van der Waals surface area contributed by atoms with Gasteiger partial charge in [0.15, 0.2) is 0 Å². The second kappa shape index (κ2) is 5.46. The standard InChI is InChI=1S/C12H22N4/c1-3-13-8-12-9-14-10-16(12)11-4-6-15(2)7-5-11/h9-11,13H,3-8H2,1-2H3. The van der Waals surface area contributed by atoms with Crippen LogP contribution in [-0.2, 0) is 6.54 Å². The Bertz CT molecular complexity index is 313. The Kier molecular flexibility index (Phi) is 3.96. The summed E-state index contributed by atoms with van der Waals surface area (Å²) in [6.07, 6.45) is 6.46. The van der Waals surface area contributed by atoms with Crippen LogP contribution in [-0.4, -0.2) is 41.1 Å². The molecule has 1 fully saturated rings. The zero-order chi connectivity index (χ0) is 11.4. The fourth-order valence-corrected chi connectivity index (χ4v) is 2.32. The Morgan fingerprint density at radius 3 is 2.88 bits per heavy atom. The molecule has 0 atom stereocenters. The molecule has 0 amide bonds. The summed E-state index contributed by atoms with van der Waals surface area (Å²) >= 11 is 0. The molecule has 0 saturated carbocycles. The molecule has 90 valence electrons. The van der Waals surface area contributed by atoms with Gasteiger partial charge in [-0.2, -0.15) is 0 Å². The monoisotopic (exact) mass is 222 g/mol. The first kappa shape index (κ1) is 11.6. The lowest BCUT2D eigenvalue weighted by atomic mass is 10.1. The van der Waals surface area contributed by atoms with Crippen molar-refractivity contribution in [2.45, 2.75) is 32.4 Å². The predicted octanol–water partition coefficient (Wildman–Crippen LogP) is 1.26. The van der Waals surface area contributed by atoms with Gasteiger partial charge in [0, 0.05) is 18.8 Å². The van der Waals surface area contributed by atoms with Crippen LogP contribution < -0.4 is 5.32 Å². The average molecular weight is 222 g/mol. The van der Waals surface area contributed by atoms with E-state index < -0.39 is 0 Å². The lowest BCUT2D eigenvalue weighted by molar-refractivity contribution is 0.219. The second-order valence-electron chi connectivity index (χ2n) is 4.61. The van der Waals surface area contributed by atoms with Crippen LogP contribution in [0, 0.1) is 0 Å². The molecule has 1 aliphatic heterocycles. The van der Waals surface area contributed by atoms with Gasteiger partial charge >= 0.3 is 0 Å². The molecule has 0 aliphatic carbocycles. The second-order valence-corrected chi connectivity index (χ2v) is 4.61. The maximum atomic E-state index is 4.28. The fraction of sp³-hybridized carbons (Fsp3) is 0.750. The van der Waals surface area contributed by atoms with Crippen LogP contribution in [0.25, 0.3) is 0 Å². The van der Waals surface area contributed by atoms with Crippen LogP contribution in [0.5, 0.6) is 0 Å². The van der Waals surface area contributed by atoms with Crippen LogP contribution in [0.3, 0.4) is 0 Å². The number of rotatable bonds is 4. The Hall–Kier alpha value is -0.870. The summed E-state index contributed by atoms with van der Waals surface area (Å²) in [6.45, 7) is 6.48. The van der Waals surface area contributed by atoms with Crippen LogP contribution in [0.15, 0.2) is 12.5 Å². The number of hydrogen-bond acceptors (Lipinski definition) is 3. The Labute approximate surface area is 97.7 Å². The lowest BCUT2D eigenvalue weighted by Crippen LogP contribution is -2.32. The van der Waals surface area contributed by atoms with Crippen molar-refractivity contribution in [3.63, 3.8) is 0 Å². The van der Waals surface area contributed by atoms with Gasteiger partial charge < -0.3 is 14.8 Å². The maximum Gasteiger partial charge on any atom is 0.0951 e. The normalized spacial score (nSPS) is 19.1. The molecular formula is C12H22N4. The molecule has 1 aromatic rings. The topological polar surface area (TPSA) is 33.1 Å². The van der Waals surface area contributed by atoms with Crippen LogP contribution in [0.4, 0.5) is 0 Å². The summed E-state index contributed by atoms with van der Waals surface area (Å²) in [5.74, 6) is 0. The van der Waals surface area contributed by atoms with Crippen molar-refractivity contribution < 1.29 is 0 Å². The smallest absolute Gasteiger partial charge is 0.0951 e. The quantitative estimate of drug-likeness (QED) is 0.832. The molecule has 16 heavy (non-hydrogen) atoms. The molecule has 0 unspecified atom stereocenters. The maximum absolute atomic E-state index is 4.28. The Morgan fingerprint density at radius 1 is 1.44 bits per heavy atom. The van der Waals surface area contributed by atoms with Gasteiger partial charge in [-0.1, -0.05) is 6.92 Å². The molecule has 2 heterocycles. The predicted molar refractivity (Wildman–Crippen MR) is 65.4 cm³/mol. The van der Waals surface area contributed by atoms with E-state index in [4.69, 9.17) is 0 Å². The van der Waals surface area contributed by atoms with Gasteiger partial charge in [-0.05, 0) is 39.5 Å². The minimum atomic E-state index is 0.646. The average Bonchev–Trinajstić information content (AvgIpc) is 2.75. The first-order chi connectivity index (χ1) is 7.81. The van der Waals surface area contributed by atoms with Gasteiger partial charge in [0.05, 0.1) is 12.0 Å². The van der Waals surface area contributed by atoms with E-state index >= 15 is 0 Å². The molecule has 1 aromatic heterocycles. The highest BCUT2D eigenvalue weighted by molar-refractivity contribution is 5.01. The summed E-state index contributed by atoms with van der Waals surface area (Å²) in [6, 6.07) is 0.646. The first-order valence-corrected chi connectivity index (χ1v) is 6.21. The number of likely N-dealkylation sites (tertiary alicyclic amines) is 1. The van der Waals surface area contributed by atoms with E-state index in [9.17, 15) is 0 Å². The van der Waals surface area contributed by atoms with Crippen molar-refractivity contribution in [2.75, 3.05) is 26.7 Å². The molecule has 1 N–H and O–H groups in total. The van der Waals surface area contributed by atoms with Gasteiger partial charge in [-0.3, -0.25) is 0 Å². The van der Waals surface area contributed by atoms with E-state index in [2.05, 4.69) is 33.7 Å². The Balaban J connectivity index is 1.99. The van der Waals surface area contributed by atoms with E-state index in [1.165, 1.54) is 31.6 Å². The lowest BCUT2D eigenvalue weighted by Gasteiger charge is -2.30. The number of imidazole rings is 1. The summed E-state index contributed by atoms with van der Waals surface area (Å²) < 4.78 is 2.36. The van der Waals surface area contributed by atoms with Crippen molar-refractivity contribution in [2.24, 2.45) is 0 Å². The van der Waals surface area contributed by atoms with E-state index in [1.54, 1.807) is 0 Å². The molecule has 0 bridgehead atoms. The highest BCUT2D eigenvalue weighted by Crippen LogP contribution is 2.22. The fourth-order valence-electron chi connectivity index (χ4n) is 2.32. The van der Waals surface area contributed by atoms with Crippen molar-refractivity contribution in [3.8, 4) is 0 Å². The van der Waals surface area contributed by atoms with E-state index in [0.29, 0.717) is 6.04 Å². The van der Waals surface area contributed by atoms with E-state index in [1.807, 2.05) is 12.5 Å². The van der Waals surface area contributed by atoms with Gasteiger partial charge in [0.1, 0.15) is 0 Å². The zero-order valence-electron chi connectivity index (χ0n) is 10.3. The van der Waals surface area contributed by atoms with Gasteiger partial charge in [0.2, 0.25) is 0 Å². The molecular weight excluding hydrogens is 200 g/mol. The number of hydrogen-bond donors (Lipinski definition) is 1. The van der Waals surface area contributed by atoms with Crippen molar-refractivity contribution >= 4 is 0 Å². The van der Waals surface area contributed by atoms with Gasteiger partial charge in [0.25, 0.3) is 0 Å². The molecule has 4 nitrogen and oxygen atoms in total. The minimum Gasteiger partial charge on any atom is -0.330 e. The van der Waals surface area contributed by atoms with Crippen LogP contribution in [0.1, 0.15) is 31.5 Å². The molecule has 2 rings (SSSR count). The van der Waals surface area contributed by atoms with Crippen molar-refractivity contribution in [1.29, 1.82) is 0 Å². The van der Waals surface area contributed by atoms with Gasteiger partial charge in [-0.15, -0.1) is 0 Å². The summed E-state index contributed by atoms with van der Waals surface area (Å²) in [5.41, 5.74) is 1.32. The van der Waals surface area contributed by atoms with Crippen molar-refractivity contribution in [3.05, 3.63) is 18.2 Å². The molecule has 1 aliphatic rings. The van der Waals surface area contributed by atoms with Crippen LogP contribution in [0.2, 0.25) is 0 Å². The van der Waals surface area contributed by atoms with E-state index in [0.717, 1.165) is 13.1 Å². The number of piperidine rings is 1. The summed E-state index contributed by atoms with van der Waals surface area (Å²) in [4.78, 5) is 6.68. The molecule has 4 heteroatoms. The largest absolute Gasteiger partial charge is 0.330 e. The molecule has 1 saturated heterocycles. The van der Waals surface area contributed by atoms with E-state index in [-0.39, 0.29) is 0 Å². The minimum absolute atomic E-state index is 0.646. The van der Waals surface area contributed by atoms with Gasteiger partial charge in [-0.25, -0.2) is 4.98 Å².